The Hall–Kier alpha value is -2.36. The molecule has 0 spiro atoms. The molecule has 4 nitrogen and oxygen atoms in total. The fraction of sp³-hybridized carbons (Fsp3) is 0.200. The lowest BCUT2D eigenvalue weighted by Gasteiger charge is -2.14. The first-order valence-electron chi connectivity index (χ1n) is 6.21. The van der Waals surface area contributed by atoms with Gasteiger partial charge in [0, 0.05) is 24.1 Å². The second-order valence-corrected chi connectivity index (χ2v) is 4.53. The second-order valence-electron chi connectivity index (χ2n) is 4.53. The number of carbonyl (C=O) groups is 1. The molecule has 19 heavy (non-hydrogen) atoms. The maximum absolute atomic E-state index is 12.0. The summed E-state index contributed by atoms with van der Waals surface area (Å²) in [6.45, 7) is 1.97. The van der Waals surface area contributed by atoms with Crippen LogP contribution >= 0.6 is 0 Å². The molecule has 1 amide bonds. The van der Waals surface area contributed by atoms with Crippen LogP contribution < -0.4 is 11.1 Å². The Labute approximate surface area is 112 Å². The normalized spacial score (nSPS) is 11.8. The Balaban J connectivity index is 1.98. The van der Waals surface area contributed by atoms with E-state index in [1.165, 1.54) is 11.8 Å². The van der Waals surface area contributed by atoms with Gasteiger partial charge in [0.25, 0.3) is 5.91 Å². The average Bonchev–Trinajstić information content (AvgIpc) is 2.40. The molecule has 0 radical (unpaired) electrons. The van der Waals surface area contributed by atoms with E-state index in [4.69, 9.17) is 5.73 Å². The number of carbonyl (C=O) groups excluding carboxylic acids is 1. The summed E-state index contributed by atoms with van der Waals surface area (Å²) in [5.41, 5.74) is 7.80. The number of hydrogen-bond donors (Lipinski definition) is 2. The highest BCUT2D eigenvalue weighted by atomic mass is 16.1. The van der Waals surface area contributed by atoms with Crippen LogP contribution in [0.4, 0.5) is 5.69 Å². The number of nitrogen functional groups attached to an aromatic ring is 1. The van der Waals surface area contributed by atoms with Crippen molar-refractivity contribution in [2.45, 2.75) is 19.4 Å². The average molecular weight is 255 g/mol. The van der Waals surface area contributed by atoms with E-state index in [1.807, 2.05) is 37.3 Å². The second kappa shape index (κ2) is 6.00. The van der Waals surface area contributed by atoms with Gasteiger partial charge in [-0.2, -0.15) is 0 Å². The predicted octanol–water partition coefficient (Wildman–Crippen LogP) is 2.02. The van der Waals surface area contributed by atoms with E-state index in [0.29, 0.717) is 11.3 Å². The third kappa shape index (κ3) is 3.55. The van der Waals surface area contributed by atoms with Crippen LogP contribution in [0.3, 0.4) is 0 Å². The monoisotopic (exact) mass is 255 g/mol. The largest absolute Gasteiger partial charge is 0.398 e. The fourth-order valence-corrected chi connectivity index (χ4v) is 1.92. The third-order valence-electron chi connectivity index (χ3n) is 2.86. The molecule has 0 saturated carbocycles. The van der Waals surface area contributed by atoms with Gasteiger partial charge in [0.2, 0.25) is 0 Å². The van der Waals surface area contributed by atoms with Crippen molar-refractivity contribution in [2.75, 3.05) is 5.73 Å². The van der Waals surface area contributed by atoms with Crippen LogP contribution in [-0.2, 0) is 6.42 Å². The van der Waals surface area contributed by atoms with Gasteiger partial charge >= 0.3 is 0 Å². The van der Waals surface area contributed by atoms with Crippen molar-refractivity contribution in [2.24, 2.45) is 0 Å². The lowest BCUT2D eigenvalue weighted by atomic mass is 10.1. The summed E-state index contributed by atoms with van der Waals surface area (Å²) in [6.07, 6.45) is 3.84. The topological polar surface area (TPSA) is 68.0 Å². The minimum Gasteiger partial charge on any atom is -0.398 e. The van der Waals surface area contributed by atoms with Gasteiger partial charge in [0.05, 0.1) is 5.56 Å². The molecule has 0 aliphatic rings. The van der Waals surface area contributed by atoms with E-state index in [-0.39, 0.29) is 11.9 Å². The van der Waals surface area contributed by atoms with Gasteiger partial charge in [0.1, 0.15) is 0 Å². The van der Waals surface area contributed by atoms with Crippen molar-refractivity contribution < 1.29 is 4.79 Å². The Morgan fingerprint density at radius 1 is 1.32 bits per heavy atom. The lowest BCUT2D eigenvalue weighted by Crippen LogP contribution is -2.34. The number of amides is 1. The van der Waals surface area contributed by atoms with Crippen molar-refractivity contribution in [3.8, 4) is 0 Å². The lowest BCUT2D eigenvalue weighted by molar-refractivity contribution is 0.0940. The van der Waals surface area contributed by atoms with E-state index >= 15 is 0 Å². The van der Waals surface area contributed by atoms with Crippen molar-refractivity contribution in [3.05, 3.63) is 59.9 Å². The first-order valence-corrected chi connectivity index (χ1v) is 6.21. The summed E-state index contributed by atoms with van der Waals surface area (Å²) in [6, 6.07) is 11.7. The Morgan fingerprint density at radius 3 is 2.74 bits per heavy atom. The van der Waals surface area contributed by atoms with E-state index in [1.54, 1.807) is 12.3 Å². The Bertz CT molecular complexity index is 554. The third-order valence-corrected chi connectivity index (χ3v) is 2.86. The van der Waals surface area contributed by atoms with Gasteiger partial charge < -0.3 is 11.1 Å². The van der Waals surface area contributed by atoms with Gasteiger partial charge in [-0.05, 0) is 25.0 Å². The predicted molar refractivity (Wildman–Crippen MR) is 75.7 cm³/mol. The van der Waals surface area contributed by atoms with Gasteiger partial charge in [-0.1, -0.05) is 30.3 Å². The quantitative estimate of drug-likeness (QED) is 0.878. The molecule has 0 aliphatic heterocycles. The molecule has 1 heterocycles. The first-order chi connectivity index (χ1) is 9.16. The molecule has 0 saturated heterocycles. The molecule has 2 rings (SSSR count). The summed E-state index contributed by atoms with van der Waals surface area (Å²) >= 11 is 0. The zero-order valence-electron chi connectivity index (χ0n) is 10.8. The molecule has 4 heteroatoms. The minimum atomic E-state index is -0.186. The molecule has 1 aromatic carbocycles. The highest BCUT2D eigenvalue weighted by Gasteiger charge is 2.12. The summed E-state index contributed by atoms with van der Waals surface area (Å²) < 4.78 is 0. The van der Waals surface area contributed by atoms with Gasteiger partial charge in [-0.3, -0.25) is 9.78 Å². The number of hydrogen-bond acceptors (Lipinski definition) is 3. The van der Waals surface area contributed by atoms with Gasteiger partial charge in [-0.15, -0.1) is 0 Å². The molecule has 1 atom stereocenters. The standard InChI is InChI=1S/C15H17N3O/c1-11(9-12-5-3-2-4-6-12)18-15(19)13-10-17-8-7-14(13)16/h2-8,10-11H,9H2,1H3,(H2,16,17)(H,18,19). The maximum Gasteiger partial charge on any atom is 0.255 e. The molecule has 0 bridgehead atoms. The highest BCUT2D eigenvalue weighted by Crippen LogP contribution is 2.09. The molecule has 3 N–H and O–H groups in total. The zero-order valence-corrected chi connectivity index (χ0v) is 10.8. The molecular formula is C15H17N3O. The molecule has 0 aliphatic carbocycles. The summed E-state index contributed by atoms with van der Waals surface area (Å²) in [4.78, 5) is 16.0. The highest BCUT2D eigenvalue weighted by molar-refractivity contribution is 5.98. The van der Waals surface area contributed by atoms with Crippen molar-refractivity contribution in [3.63, 3.8) is 0 Å². The van der Waals surface area contributed by atoms with Crippen LogP contribution in [0, 0.1) is 0 Å². The molecule has 2 aromatic rings. The Kier molecular flexibility index (Phi) is 4.13. The SMILES string of the molecule is CC(Cc1ccccc1)NC(=O)c1cnccc1N. The van der Waals surface area contributed by atoms with Crippen LogP contribution in [0.2, 0.25) is 0 Å². The smallest absolute Gasteiger partial charge is 0.255 e. The molecule has 1 aromatic heterocycles. The first kappa shape index (κ1) is 13.1. The minimum absolute atomic E-state index is 0.0366. The number of pyridine rings is 1. The number of nitrogens with one attached hydrogen (secondary N) is 1. The van der Waals surface area contributed by atoms with E-state index < -0.39 is 0 Å². The van der Waals surface area contributed by atoms with Crippen LogP contribution in [0.15, 0.2) is 48.8 Å². The van der Waals surface area contributed by atoms with Crippen molar-refractivity contribution in [1.29, 1.82) is 0 Å². The van der Waals surface area contributed by atoms with Gasteiger partial charge in [-0.25, -0.2) is 0 Å². The Morgan fingerprint density at radius 2 is 2.05 bits per heavy atom. The van der Waals surface area contributed by atoms with E-state index in [2.05, 4.69) is 10.3 Å². The summed E-state index contributed by atoms with van der Waals surface area (Å²) in [5, 5.41) is 2.93. The number of benzene rings is 1. The van der Waals surface area contributed by atoms with Crippen LogP contribution in [-0.4, -0.2) is 16.9 Å². The number of aromatic nitrogens is 1. The van der Waals surface area contributed by atoms with Crippen LogP contribution in [0.25, 0.3) is 0 Å². The van der Waals surface area contributed by atoms with Crippen molar-refractivity contribution >= 4 is 11.6 Å². The summed E-state index contributed by atoms with van der Waals surface area (Å²) in [7, 11) is 0. The molecule has 1 unspecified atom stereocenters. The van der Waals surface area contributed by atoms with Crippen LogP contribution in [0.5, 0.6) is 0 Å². The summed E-state index contributed by atoms with van der Waals surface area (Å²) in [5.74, 6) is -0.186. The maximum atomic E-state index is 12.0. The van der Waals surface area contributed by atoms with E-state index in [0.717, 1.165) is 6.42 Å². The van der Waals surface area contributed by atoms with E-state index in [9.17, 15) is 4.79 Å². The molecule has 0 fully saturated rings. The number of nitrogens with two attached hydrogens (primary N) is 1. The van der Waals surface area contributed by atoms with Gasteiger partial charge in [0.15, 0.2) is 0 Å². The molecular weight excluding hydrogens is 238 g/mol. The number of rotatable bonds is 4. The fourth-order valence-electron chi connectivity index (χ4n) is 1.92. The molecule has 98 valence electrons. The zero-order chi connectivity index (χ0) is 13.7. The number of nitrogens with zero attached hydrogens (tertiary/aromatic N) is 1. The number of anilines is 1. The van der Waals surface area contributed by atoms with Crippen molar-refractivity contribution in [1.82, 2.24) is 10.3 Å². The van der Waals surface area contributed by atoms with Crippen LogP contribution in [0.1, 0.15) is 22.8 Å².